The first-order chi connectivity index (χ1) is 12.3. The highest BCUT2D eigenvalue weighted by Gasteiger charge is 2.18. The van der Waals surface area contributed by atoms with Gasteiger partial charge >= 0.3 is 5.97 Å². The number of hydrogen-bond donors (Lipinski definition) is 1. The number of carbonyl (C=O) groups excluding carboxylic acids is 1. The standard InChI is InChI=1S/C18H20O7S/c1-13-3-9-17(10-4-13)26(21,22)25-12-15(19)11-24-18(20)14-5-7-16(23-2)8-6-14/h3-10,15,19H,11-12H2,1-2H3. The van der Waals surface area contributed by atoms with Gasteiger partial charge in [0.2, 0.25) is 0 Å². The van der Waals surface area contributed by atoms with E-state index in [9.17, 15) is 18.3 Å². The summed E-state index contributed by atoms with van der Waals surface area (Å²) in [6.07, 6.45) is -1.28. The third-order valence-electron chi connectivity index (χ3n) is 3.46. The van der Waals surface area contributed by atoms with Crippen molar-refractivity contribution in [3.8, 4) is 5.75 Å². The number of carbonyl (C=O) groups is 1. The Balaban J connectivity index is 1.83. The predicted octanol–water partition coefficient (Wildman–Crippen LogP) is 1.93. The van der Waals surface area contributed by atoms with E-state index in [4.69, 9.17) is 13.7 Å². The molecule has 8 heteroatoms. The maximum Gasteiger partial charge on any atom is 0.338 e. The first-order valence-corrected chi connectivity index (χ1v) is 9.18. The van der Waals surface area contributed by atoms with Crippen LogP contribution < -0.4 is 4.74 Å². The minimum Gasteiger partial charge on any atom is -0.497 e. The average molecular weight is 380 g/mol. The van der Waals surface area contributed by atoms with Gasteiger partial charge in [0.25, 0.3) is 10.1 Å². The number of esters is 1. The molecule has 0 aromatic heterocycles. The van der Waals surface area contributed by atoms with Gasteiger partial charge in [-0.1, -0.05) is 17.7 Å². The van der Waals surface area contributed by atoms with Gasteiger partial charge in [-0.2, -0.15) is 8.42 Å². The summed E-state index contributed by atoms with van der Waals surface area (Å²) in [6, 6.07) is 12.4. The van der Waals surface area contributed by atoms with E-state index in [2.05, 4.69) is 0 Å². The molecule has 0 saturated heterocycles. The lowest BCUT2D eigenvalue weighted by atomic mass is 10.2. The molecule has 0 amide bonds. The summed E-state index contributed by atoms with van der Waals surface area (Å²) >= 11 is 0. The van der Waals surface area contributed by atoms with Gasteiger partial charge in [0.05, 0.1) is 24.2 Å². The quantitative estimate of drug-likeness (QED) is 0.552. The molecule has 1 unspecified atom stereocenters. The highest BCUT2D eigenvalue weighted by Crippen LogP contribution is 2.14. The van der Waals surface area contributed by atoms with Gasteiger partial charge in [-0.25, -0.2) is 4.79 Å². The predicted molar refractivity (Wildman–Crippen MR) is 93.6 cm³/mol. The second kappa shape index (κ2) is 8.79. The molecule has 0 aliphatic heterocycles. The van der Waals surface area contributed by atoms with Gasteiger partial charge in [-0.05, 0) is 43.3 Å². The Kier molecular flexibility index (Phi) is 6.73. The van der Waals surface area contributed by atoms with Crippen LogP contribution in [0.5, 0.6) is 5.75 Å². The Morgan fingerprint density at radius 3 is 2.23 bits per heavy atom. The van der Waals surface area contributed by atoms with Gasteiger partial charge < -0.3 is 14.6 Å². The summed E-state index contributed by atoms with van der Waals surface area (Å²) in [5, 5.41) is 9.79. The minimum atomic E-state index is -3.98. The molecular weight excluding hydrogens is 360 g/mol. The Hall–Kier alpha value is -2.42. The van der Waals surface area contributed by atoms with Gasteiger partial charge in [0.15, 0.2) is 0 Å². The smallest absolute Gasteiger partial charge is 0.338 e. The number of ether oxygens (including phenoxy) is 2. The van der Waals surface area contributed by atoms with E-state index in [1.54, 1.807) is 24.3 Å². The number of benzene rings is 2. The van der Waals surface area contributed by atoms with E-state index in [0.29, 0.717) is 5.75 Å². The summed E-state index contributed by atoms with van der Waals surface area (Å²) in [5.41, 5.74) is 1.20. The number of methoxy groups -OCH3 is 1. The van der Waals surface area contributed by atoms with Crippen molar-refractivity contribution in [2.24, 2.45) is 0 Å². The molecular formula is C18H20O7S. The monoisotopic (exact) mass is 380 g/mol. The minimum absolute atomic E-state index is 0.00877. The fraction of sp³-hybridized carbons (Fsp3) is 0.278. The lowest BCUT2D eigenvalue weighted by molar-refractivity contribution is 0.0139. The Morgan fingerprint density at radius 2 is 1.65 bits per heavy atom. The Bertz CT molecular complexity index is 827. The second-order valence-corrected chi connectivity index (χ2v) is 7.15. The summed E-state index contributed by atoms with van der Waals surface area (Å²) in [4.78, 5) is 11.9. The van der Waals surface area contributed by atoms with Crippen molar-refractivity contribution in [1.82, 2.24) is 0 Å². The summed E-state index contributed by atoms with van der Waals surface area (Å²) in [5.74, 6) is -0.0515. The number of aryl methyl sites for hydroxylation is 1. The van der Waals surface area contributed by atoms with Crippen LogP contribution in [0.4, 0.5) is 0 Å². The van der Waals surface area contributed by atoms with Crippen molar-refractivity contribution in [2.75, 3.05) is 20.3 Å². The van der Waals surface area contributed by atoms with Gasteiger partial charge in [0, 0.05) is 0 Å². The molecule has 0 fully saturated rings. The van der Waals surface area contributed by atoms with E-state index in [-0.39, 0.29) is 10.5 Å². The molecule has 0 aliphatic carbocycles. The molecule has 0 heterocycles. The van der Waals surface area contributed by atoms with Gasteiger partial charge in [-0.15, -0.1) is 0 Å². The molecule has 2 rings (SSSR count). The molecule has 0 bridgehead atoms. The van der Waals surface area contributed by atoms with Crippen LogP contribution in [0.3, 0.4) is 0 Å². The van der Waals surface area contributed by atoms with Crippen LogP contribution in [0.25, 0.3) is 0 Å². The number of aliphatic hydroxyl groups excluding tert-OH is 1. The Morgan fingerprint density at radius 1 is 1.04 bits per heavy atom. The molecule has 0 radical (unpaired) electrons. The molecule has 1 N–H and O–H groups in total. The van der Waals surface area contributed by atoms with E-state index in [0.717, 1.165) is 5.56 Å². The van der Waals surface area contributed by atoms with Crippen molar-refractivity contribution in [3.63, 3.8) is 0 Å². The zero-order chi connectivity index (χ0) is 19.2. The van der Waals surface area contributed by atoms with E-state index in [1.165, 1.54) is 31.4 Å². The molecule has 0 saturated carbocycles. The lowest BCUT2D eigenvalue weighted by Gasteiger charge is -2.12. The maximum absolute atomic E-state index is 12.0. The summed E-state index contributed by atoms with van der Waals surface area (Å²) < 4.78 is 38.8. The van der Waals surface area contributed by atoms with Crippen molar-refractivity contribution in [1.29, 1.82) is 0 Å². The second-order valence-electron chi connectivity index (χ2n) is 5.53. The van der Waals surface area contributed by atoms with Crippen LogP contribution >= 0.6 is 0 Å². The lowest BCUT2D eigenvalue weighted by Crippen LogP contribution is -2.25. The highest BCUT2D eigenvalue weighted by atomic mass is 32.2. The average Bonchev–Trinajstić information content (AvgIpc) is 2.65. The summed E-state index contributed by atoms with van der Waals surface area (Å²) in [6.45, 7) is 0.915. The molecule has 1 atom stereocenters. The third-order valence-corrected chi connectivity index (χ3v) is 4.75. The fourth-order valence-electron chi connectivity index (χ4n) is 1.97. The van der Waals surface area contributed by atoms with Crippen LogP contribution in [0.2, 0.25) is 0 Å². The number of aliphatic hydroxyl groups is 1. The normalized spacial score (nSPS) is 12.4. The third kappa shape index (κ3) is 5.55. The van der Waals surface area contributed by atoms with Crippen molar-refractivity contribution >= 4 is 16.1 Å². The number of rotatable bonds is 8. The molecule has 0 aliphatic rings. The van der Waals surface area contributed by atoms with Crippen LogP contribution in [-0.2, 0) is 19.0 Å². The first-order valence-electron chi connectivity index (χ1n) is 7.77. The van der Waals surface area contributed by atoms with E-state index in [1.807, 2.05) is 6.92 Å². The molecule has 2 aromatic rings. The largest absolute Gasteiger partial charge is 0.497 e. The van der Waals surface area contributed by atoms with E-state index < -0.39 is 35.4 Å². The van der Waals surface area contributed by atoms with Crippen molar-refractivity contribution in [2.45, 2.75) is 17.9 Å². The van der Waals surface area contributed by atoms with Crippen LogP contribution in [0, 0.1) is 6.92 Å². The van der Waals surface area contributed by atoms with Crippen LogP contribution in [0.15, 0.2) is 53.4 Å². The molecule has 2 aromatic carbocycles. The topological polar surface area (TPSA) is 99.1 Å². The molecule has 26 heavy (non-hydrogen) atoms. The van der Waals surface area contributed by atoms with Gasteiger partial charge in [0.1, 0.15) is 18.5 Å². The zero-order valence-corrected chi connectivity index (χ0v) is 15.2. The van der Waals surface area contributed by atoms with E-state index >= 15 is 0 Å². The molecule has 7 nitrogen and oxygen atoms in total. The van der Waals surface area contributed by atoms with Crippen LogP contribution in [0.1, 0.15) is 15.9 Å². The fourth-order valence-corrected chi connectivity index (χ4v) is 2.91. The Labute approximate surface area is 152 Å². The maximum atomic E-state index is 12.0. The van der Waals surface area contributed by atoms with Gasteiger partial charge in [-0.3, -0.25) is 4.18 Å². The first kappa shape index (κ1) is 19.9. The molecule has 140 valence electrons. The SMILES string of the molecule is COc1ccc(C(=O)OCC(O)COS(=O)(=O)c2ccc(C)cc2)cc1. The highest BCUT2D eigenvalue weighted by molar-refractivity contribution is 7.86. The van der Waals surface area contributed by atoms with Crippen LogP contribution in [-0.4, -0.2) is 45.9 Å². The summed E-state index contributed by atoms with van der Waals surface area (Å²) in [7, 11) is -2.48. The number of hydrogen-bond acceptors (Lipinski definition) is 7. The molecule has 0 spiro atoms. The zero-order valence-electron chi connectivity index (χ0n) is 14.4. The van der Waals surface area contributed by atoms with Crippen molar-refractivity contribution in [3.05, 3.63) is 59.7 Å². The van der Waals surface area contributed by atoms with Crippen molar-refractivity contribution < 1.29 is 32.0 Å².